The Labute approximate surface area is 224 Å². The predicted molar refractivity (Wildman–Crippen MR) is 148 cm³/mol. The van der Waals surface area contributed by atoms with Crippen LogP contribution in [0.1, 0.15) is 93.4 Å². The molecule has 1 N–H and O–H groups in total. The van der Waals surface area contributed by atoms with E-state index in [2.05, 4.69) is 10.2 Å². The number of carbonyl (C=O) groups is 2. The molecule has 196 valence electrons. The molecule has 2 fully saturated rings. The molecule has 37 heavy (non-hydrogen) atoms. The second-order valence-corrected chi connectivity index (χ2v) is 11.1. The zero-order valence-electron chi connectivity index (χ0n) is 21.7. The van der Waals surface area contributed by atoms with Crippen LogP contribution in [0.3, 0.4) is 0 Å². The highest BCUT2D eigenvalue weighted by Crippen LogP contribution is 2.31. The molecule has 3 aromatic rings. The molecule has 0 radical (unpaired) electrons. The number of carbonyl (C=O) groups excluding carboxylic acids is 2. The van der Waals surface area contributed by atoms with Crippen LogP contribution in [0.5, 0.6) is 0 Å². The predicted octanol–water partition coefficient (Wildman–Crippen LogP) is 6.67. The van der Waals surface area contributed by atoms with Gasteiger partial charge in [-0.3, -0.25) is 9.59 Å². The molecule has 2 amide bonds. The number of rotatable bonds is 7. The van der Waals surface area contributed by atoms with Crippen molar-refractivity contribution in [1.29, 1.82) is 0 Å². The van der Waals surface area contributed by atoms with Gasteiger partial charge in [0.1, 0.15) is 12.4 Å². The molecule has 1 aromatic heterocycles. The molecule has 2 aliphatic carbocycles. The molecule has 0 aliphatic heterocycles. The van der Waals surface area contributed by atoms with E-state index in [0.29, 0.717) is 28.5 Å². The van der Waals surface area contributed by atoms with Gasteiger partial charge in [0.15, 0.2) is 0 Å². The Morgan fingerprint density at radius 3 is 2.27 bits per heavy atom. The van der Waals surface area contributed by atoms with Crippen molar-refractivity contribution in [3.63, 3.8) is 0 Å². The second kappa shape index (κ2) is 11.7. The van der Waals surface area contributed by atoms with Gasteiger partial charge in [-0.15, -0.1) is 0 Å². The SMILES string of the molecule is CC(NC(=O)c1cccc(Cl)c1)c1nc2ccccc2n1CC(=O)N(C1CCCCC1)C1CCCCC1. The maximum Gasteiger partial charge on any atom is 0.251 e. The highest BCUT2D eigenvalue weighted by molar-refractivity contribution is 6.30. The number of aromatic nitrogens is 2. The quantitative estimate of drug-likeness (QED) is 0.378. The van der Waals surface area contributed by atoms with Crippen LogP contribution in [0.4, 0.5) is 0 Å². The fourth-order valence-electron chi connectivity index (χ4n) is 6.21. The van der Waals surface area contributed by atoms with Crippen molar-refractivity contribution in [3.8, 4) is 0 Å². The van der Waals surface area contributed by atoms with Crippen molar-refractivity contribution in [2.45, 2.75) is 95.8 Å². The van der Waals surface area contributed by atoms with Gasteiger partial charge in [0.05, 0.1) is 17.1 Å². The van der Waals surface area contributed by atoms with Crippen molar-refractivity contribution >= 4 is 34.4 Å². The highest BCUT2D eigenvalue weighted by Gasteiger charge is 2.33. The second-order valence-electron chi connectivity index (χ2n) is 10.6. The van der Waals surface area contributed by atoms with Crippen molar-refractivity contribution in [2.24, 2.45) is 0 Å². The average molecular weight is 521 g/mol. The number of nitrogens with one attached hydrogen (secondary N) is 1. The largest absolute Gasteiger partial charge is 0.342 e. The fraction of sp³-hybridized carbons (Fsp3) is 0.500. The number of hydrogen-bond acceptors (Lipinski definition) is 3. The molecule has 2 aliphatic rings. The van der Waals surface area contributed by atoms with E-state index in [9.17, 15) is 9.59 Å². The van der Waals surface area contributed by atoms with Gasteiger partial charge >= 0.3 is 0 Å². The molecule has 0 saturated heterocycles. The molecule has 1 heterocycles. The lowest BCUT2D eigenvalue weighted by molar-refractivity contribution is -0.138. The van der Waals surface area contributed by atoms with Gasteiger partial charge in [0.25, 0.3) is 5.91 Å². The number of halogens is 1. The molecule has 1 unspecified atom stereocenters. The Balaban J connectivity index is 1.43. The number of para-hydroxylation sites is 2. The maximum absolute atomic E-state index is 14.1. The van der Waals surface area contributed by atoms with Gasteiger partial charge in [-0.25, -0.2) is 4.98 Å². The first kappa shape index (κ1) is 25.8. The first-order valence-electron chi connectivity index (χ1n) is 13.8. The Morgan fingerprint density at radius 1 is 0.973 bits per heavy atom. The number of hydrogen-bond donors (Lipinski definition) is 1. The van der Waals surface area contributed by atoms with Crippen LogP contribution in [-0.2, 0) is 11.3 Å². The zero-order chi connectivity index (χ0) is 25.8. The molecule has 6 nitrogen and oxygen atoms in total. The molecular formula is C30H37ClN4O2. The molecule has 0 bridgehead atoms. The number of benzene rings is 2. The van der Waals surface area contributed by atoms with E-state index in [1.807, 2.05) is 35.8 Å². The summed E-state index contributed by atoms with van der Waals surface area (Å²) in [7, 11) is 0. The van der Waals surface area contributed by atoms with E-state index in [1.165, 1.54) is 38.5 Å². The summed E-state index contributed by atoms with van der Waals surface area (Å²) in [6.07, 6.45) is 11.8. The first-order chi connectivity index (χ1) is 18.0. The summed E-state index contributed by atoms with van der Waals surface area (Å²) >= 11 is 6.10. The molecule has 1 atom stereocenters. The minimum atomic E-state index is -0.385. The Hall–Kier alpha value is -2.86. The average Bonchev–Trinajstić information content (AvgIpc) is 3.28. The molecule has 5 rings (SSSR count). The number of nitrogens with zero attached hydrogens (tertiary/aromatic N) is 3. The van der Waals surface area contributed by atoms with Crippen LogP contribution < -0.4 is 5.32 Å². The third-order valence-electron chi connectivity index (χ3n) is 8.02. The van der Waals surface area contributed by atoms with Gasteiger partial charge in [-0.2, -0.15) is 0 Å². The number of fused-ring (bicyclic) bond motifs is 1. The summed E-state index contributed by atoms with van der Waals surface area (Å²) in [6, 6.07) is 15.1. The molecule has 2 saturated carbocycles. The van der Waals surface area contributed by atoms with Crippen molar-refractivity contribution in [2.75, 3.05) is 0 Å². The monoisotopic (exact) mass is 520 g/mol. The zero-order valence-corrected chi connectivity index (χ0v) is 22.4. The third kappa shape index (κ3) is 5.85. The third-order valence-corrected chi connectivity index (χ3v) is 8.26. The van der Waals surface area contributed by atoms with Gasteiger partial charge in [0, 0.05) is 22.7 Å². The molecule has 2 aromatic carbocycles. The van der Waals surface area contributed by atoms with Crippen LogP contribution in [0.15, 0.2) is 48.5 Å². The summed E-state index contributed by atoms with van der Waals surface area (Å²) < 4.78 is 2.01. The van der Waals surface area contributed by atoms with Crippen LogP contribution in [0.2, 0.25) is 5.02 Å². The Bertz CT molecular complexity index is 1230. The van der Waals surface area contributed by atoms with Gasteiger partial charge in [0.2, 0.25) is 5.91 Å². The highest BCUT2D eigenvalue weighted by atomic mass is 35.5. The summed E-state index contributed by atoms with van der Waals surface area (Å²) in [6.45, 7) is 2.16. The van der Waals surface area contributed by atoms with E-state index in [1.54, 1.807) is 24.3 Å². The van der Waals surface area contributed by atoms with Gasteiger partial charge < -0.3 is 14.8 Å². The van der Waals surface area contributed by atoms with Gasteiger partial charge in [-0.05, 0) is 62.9 Å². The summed E-state index contributed by atoms with van der Waals surface area (Å²) in [5.74, 6) is 0.653. The van der Waals surface area contributed by atoms with Crippen molar-refractivity contribution in [1.82, 2.24) is 19.8 Å². The summed E-state index contributed by atoms with van der Waals surface area (Å²) in [5.41, 5.74) is 2.25. The van der Waals surface area contributed by atoms with Crippen LogP contribution in [0.25, 0.3) is 11.0 Å². The summed E-state index contributed by atoms with van der Waals surface area (Å²) in [4.78, 5) is 34.2. The van der Waals surface area contributed by atoms with Crippen molar-refractivity contribution < 1.29 is 9.59 Å². The first-order valence-corrected chi connectivity index (χ1v) is 14.2. The lowest BCUT2D eigenvalue weighted by atomic mass is 9.88. The molecular weight excluding hydrogens is 484 g/mol. The van der Waals surface area contributed by atoms with Crippen LogP contribution in [0, 0.1) is 0 Å². The van der Waals surface area contributed by atoms with E-state index in [0.717, 1.165) is 36.7 Å². The normalized spacial score (nSPS) is 18.0. The summed E-state index contributed by atoms with van der Waals surface area (Å²) in [5, 5.41) is 3.58. The number of amides is 2. The van der Waals surface area contributed by atoms with E-state index in [4.69, 9.17) is 16.6 Å². The van der Waals surface area contributed by atoms with E-state index in [-0.39, 0.29) is 24.4 Å². The maximum atomic E-state index is 14.1. The fourth-order valence-corrected chi connectivity index (χ4v) is 6.40. The smallest absolute Gasteiger partial charge is 0.251 e. The van der Waals surface area contributed by atoms with E-state index >= 15 is 0 Å². The van der Waals surface area contributed by atoms with Gasteiger partial charge in [-0.1, -0.05) is 68.3 Å². The molecule has 7 heteroatoms. The van der Waals surface area contributed by atoms with Crippen LogP contribution in [-0.4, -0.2) is 38.3 Å². The lowest BCUT2D eigenvalue weighted by Gasteiger charge is -2.42. The van der Waals surface area contributed by atoms with E-state index < -0.39 is 0 Å². The topological polar surface area (TPSA) is 67.2 Å². The number of imidazole rings is 1. The Morgan fingerprint density at radius 2 is 1.62 bits per heavy atom. The van der Waals surface area contributed by atoms with Crippen LogP contribution >= 0.6 is 11.6 Å². The Kier molecular flexibility index (Phi) is 8.14. The minimum Gasteiger partial charge on any atom is -0.342 e. The standard InChI is InChI=1S/C30H37ClN4O2/c1-21(32-30(37)22-11-10-12-23(31)19-22)29-33-26-17-8-9-18-27(26)34(29)20-28(36)35(24-13-4-2-5-14-24)25-15-6-3-7-16-25/h8-12,17-19,21,24-25H,2-7,13-16,20H2,1H3,(H,32,37). The molecule has 0 spiro atoms. The lowest BCUT2D eigenvalue weighted by Crippen LogP contribution is -2.50. The minimum absolute atomic E-state index is 0.177. The van der Waals surface area contributed by atoms with Crippen molar-refractivity contribution in [3.05, 3.63) is 64.9 Å².